The molecule has 0 aromatic carbocycles. The van der Waals surface area contributed by atoms with Gasteiger partial charge in [-0.2, -0.15) is 0 Å². The Morgan fingerprint density at radius 2 is 1.90 bits per heavy atom. The lowest BCUT2D eigenvalue weighted by molar-refractivity contribution is 0.0507. The summed E-state index contributed by atoms with van der Waals surface area (Å²) >= 11 is 0. The van der Waals surface area contributed by atoms with Gasteiger partial charge in [-0.3, -0.25) is 4.99 Å². The molecule has 2 rings (SSSR count). The number of carbonyl (C=O) groups is 1. The van der Waals surface area contributed by atoms with Gasteiger partial charge in [0, 0.05) is 39.3 Å². The number of halogens is 1. The SMILES string of the molecule is CCNC(=NCC1CCN(S(C)(=O)=O)C1)N1CC[C@@H](NC(=O)OC(C)(C)C)C1.I. The Morgan fingerprint density at radius 3 is 2.45 bits per heavy atom. The van der Waals surface area contributed by atoms with Crippen LogP contribution in [-0.4, -0.2) is 86.8 Å². The van der Waals surface area contributed by atoms with Gasteiger partial charge in [-0.25, -0.2) is 17.5 Å². The average molecular weight is 545 g/mol. The normalized spacial score (nSPS) is 23.6. The van der Waals surface area contributed by atoms with Crippen LogP contribution in [0.3, 0.4) is 0 Å². The molecule has 170 valence electrons. The van der Waals surface area contributed by atoms with Crippen LogP contribution < -0.4 is 10.6 Å². The summed E-state index contributed by atoms with van der Waals surface area (Å²) in [5.41, 5.74) is -0.514. The first-order chi connectivity index (χ1) is 13.0. The fourth-order valence-electron chi connectivity index (χ4n) is 3.43. The molecule has 0 aliphatic carbocycles. The number of nitrogens with one attached hydrogen (secondary N) is 2. The highest BCUT2D eigenvalue weighted by Crippen LogP contribution is 2.19. The summed E-state index contributed by atoms with van der Waals surface area (Å²) in [6.45, 7) is 11.5. The third kappa shape index (κ3) is 8.83. The van der Waals surface area contributed by atoms with E-state index in [1.54, 1.807) is 0 Å². The molecule has 0 aromatic rings. The highest BCUT2D eigenvalue weighted by atomic mass is 127. The number of aliphatic imine (C=N–C) groups is 1. The molecule has 0 radical (unpaired) electrons. The zero-order valence-electron chi connectivity index (χ0n) is 18.1. The van der Waals surface area contributed by atoms with Gasteiger partial charge in [0.25, 0.3) is 0 Å². The van der Waals surface area contributed by atoms with Gasteiger partial charge < -0.3 is 20.3 Å². The Balaban J connectivity index is 0.00000420. The summed E-state index contributed by atoms with van der Waals surface area (Å²) < 4.78 is 30.2. The van der Waals surface area contributed by atoms with E-state index >= 15 is 0 Å². The van der Waals surface area contributed by atoms with Crippen LogP contribution in [0, 0.1) is 5.92 Å². The number of ether oxygens (including phenoxy) is 1. The lowest BCUT2D eigenvalue weighted by atomic mass is 10.1. The highest BCUT2D eigenvalue weighted by molar-refractivity contribution is 14.0. The lowest BCUT2D eigenvalue weighted by Crippen LogP contribution is -2.44. The van der Waals surface area contributed by atoms with E-state index < -0.39 is 21.7 Å². The number of amides is 1. The maximum atomic E-state index is 12.0. The fourth-order valence-corrected chi connectivity index (χ4v) is 4.35. The molecule has 2 aliphatic rings. The molecule has 2 saturated heterocycles. The summed E-state index contributed by atoms with van der Waals surface area (Å²) in [5, 5.41) is 6.23. The molecule has 0 aromatic heterocycles. The molecule has 2 N–H and O–H groups in total. The van der Waals surface area contributed by atoms with Gasteiger partial charge in [0.15, 0.2) is 5.96 Å². The summed E-state index contributed by atoms with van der Waals surface area (Å²) in [4.78, 5) is 18.8. The van der Waals surface area contributed by atoms with Crippen LogP contribution in [0.4, 0.5) is 4.79 Å². The standard InChI is InChI=1S/C18H35N5O4S.HI/c1-6-19-16(20-11-14-7-10-23(12-14)28(5,25)26)22-9-8-15(13-22)21-17(24)27-18(2,3)4;/h14-15H,6-13H2,1-5H3,(H,19,20)(H,21,24);1H/t14?,15-;/m1./s1. The van der Waals surface area contributed by atoms with Gasteiger partial charge >= 0.3 is 6.09 Å². The van der Waals surface area contributed by atoms with Crippen LogP contribution in [0.2, 0.25) is 0 Å². The van der Waals surface area contributed by atoms with Crippen LogP contribution in [0.15, 0.2) is 4.99 Å². The summed E-state index contributed by atoms with van der Waals surface area (Å²) in [6, 6.07) is 0.0194. The first-order valence-corrected chi connectivity index (χ1v) is 11.8. The fraction of sp³-hybridized carbons (Fsp3) is 0.889. The quantitative estimate of drug-likeness (QED) is 0.308. The predicted octanol–water partition coefficient (Wildman–Crippen LogP) is 1.45. The summed E-state index contributed by atoms with van der Waals surface area (Å²) in [5.74, 6) is 1.05. The van der Waals surface area contributed by atoms with Crippen molar-refractivity contribution in [1.29, 1.82) is 0 Å². The van der Waals surface area contributed by atoms with Crippen molar-refractivity contribution in [2.45, 2.75) is 52.2 Å². The van der Waals surface area contributed by atoms with Gasteiger partial charge in [-0.1, -0.05) is 0 Å². The van der Waals surface area contributed by atoms with Crippen molar-refractivity contribution in [2.24, 2.45) is 10.9 Å². The van der Waals surface area contributed by atoms with Crippen LogP contribution in [0.1, 0.15) is 40.5 Å². The van der Waals surface area contributed by atoms with E-state index in [9.17, 15) is 13.2 Å². The molecule has 9 nitrogen and oxygen atoms in total. The number of alkyl carbamates (subject to hydrolysis) is 1. The number of sulfonamides is 1. The molecule has 29 heavy (non-hydrogen) atoms. The molecule has 2 atom stereocenters. The molecular weight excluding hydrogens is 509 g/mol. The lowest BCUT2D eigenvalue weighted by Gasteiger charge is -2.23. The molecule has 2 aliphatic heterocycles. The minimum Gasteiger partial charge on any atom is -0.444 e. The second-order valence-corrected chi connectivity index (χ2v) is 10.5. The Morgan fingerprint density at radius 1 is 1.21 bits per heavy atom. The van der Waals surface area contributed by atoms with E-state index in [2.05, 4.69) is 15.5 Å². The van der Waals surface area contributed by atoms with E-state index in [4.69, 9.17) is 9.73 Å². The van der Waals surface area contributed by atoms with Gasteiger partial charge in [0.1, 0.15) is 5.60 Å². The number of carbonyl (C=O) groups excluding carboxylic acids is 1. The van der Waals surface area contributed by atoms with Crippen LogP contribution in [-0.2, 0) is 14.8 Å². The average Bonchev–Trinajstić information content (AvgIpc) is 3.18. The van der Waals surface area contributed by atoms with E-state index in [1.807, 2.05) is 27.7 Å². The minimum absolute atomic E-state index is 0. The Hall–Kier alpha value is -0.820. The van der Waals surface area contributed by atoms with Crippen LogP contribution >= 0.6 is 24.0 Å². The van der Waals surface area contributed by atoms with Gasteiger partial charge in [-0.15, -0.1) is 24.0 Å². The molecule has 11 heteroatoms. The van der Waals surface area contributed by atoms with Crippen LogP contribution in [0.25, 0.3) is 0 Å². The van der Waals surface area contributed by atoms with Gasteiger partial charge in [0.2, 0.25) is 10.0 Å². The second-order valence-electron chi connectivity index (χ2n) is 8.55. The van der Waals surface area contributed by atoms with E-state index in [0.717, 1.165) is 31.9 Å². The first kappa shape index (κ1) is 26.2. The van der Waals surface area contributed by atoms with E-state index in [1.165, 1.54) is 10.6 Å². The number of nitrogens with zero attached hydrogens (tertiary/aromatic N) is 3. The Kier molecular flexibility index (Phi) is 9.93. The van der Waals surface area contributed by atoms with Crippen molar-refractivity contribution in [3.63, 3.8) is 0 Å². The van der Waals surface area contributed by atoms with Crippen molar-refractivity contribution in [3.8, 4) is 0 Å². The number of hydrogen-bond acceptors (Lipinski definition) is 5. The maximum Gasteiger partial charge on any atom is 0.407 e. The van der Waals surface area contributed by atoms with E-state index in [-0.39, 0.29) is 35.9 Å². The summed E-state index contributed by atoms with van der Waals surface area (Å²) in [7, 11) is -3.13. The molecule has 1 unspecified atom stereocenters. The third-order valence-electron chi connectivity index (χ3n) is 4.76. The molecule has 0 saturated carbocycles. The Bertz CT molecular complexity index is 680. The highest BCUT2D eigenvalue weighted by Gasteiger charge is 2.30. The van der Waals surface area contributed by atoms with Crippen molar-refractivity contribution < 1.29 is 17.9 Å². The van der Waals surface area contributed by atoms with Crippen molar-refractivity contribution >= 4 is 46.1 Å². The molecule has 0 bridgehead atoms. The maximum absolute atomic E-state index is 12.0. The number of likely N-dealkylation sites (tertiary alicyclic amines) is 1. The third-order valence-corrected chi connectivity index (χ3v) is 6.03. The van der Waals surface area contributed by atoms with Crippen molar-refractivity contribution in [2.75, 3.05) is 45.5 Å². The zero-order valence-corrected chi connectivity index (χ0v) is 21.2. The monoisotopic (exact) mass is 545 g/mol. The number of rotatable bonds is 5. The number of hydrogen-bond donors (Lipinski definition) is 2. The topological polar surface area (TPSA) is 103 Å². The van der Waals surface area contributed by atoms with Gasteiger partial charge in [0.05, 0.1) is 12.3 Å². The minimum atomic E-state index is -3.13. The van der Waals surface area contributed by atoms with Crippen molar-refractivity contribution in [3.05, 3.63) is 0 Å². The smallest absolute Gasteiger partial charge is 0.407 e. The first-order valence-electron chi connectivity index (χ1n) is 9.96. The van der Waals surface area contributed by atoms with E-state index in [0.29, 0.717) is 26.2 Å². The second kappa shape index (κ2) is 11.0. The zero-order chi connectivity index (χ0) is 20.9. The van der Waals surface area contributed by atoms with Crippen molar-refractivity contribution in [1.82, 2.24) is 19.8 Å². The molecule has 0 spiro atoms. The van der Waals surface area contributed by atoms with Gasteiger partial charge in [-0.05, 0) is 46.5 Å². The summed E-state index contributed by atoms with van der Waals surface area (Å²) in [6.07, 6.45) is 2.52. The van der Waals surface area contributed by atoms with Crippen LogP contribution in [0.5, 0.6) is 0 Å². The molecule has 2 fully saturated rings. The largest absolute Gasteiger partial charge is 0.444 e. The predicted molar refractivity (Wildman–Crippen MR) is 125 cm³/mol. The molecular formula is C18H36IN5O4S. The Labute approximate surface area is 192 Å². The molecule has 1 amide bonds. The molecule has 2 heterocycles. The number of guanidine groups is 1.